The number of aromatic nitrogens is 12. The SMILES string of the molecule is CCc1ncc2cc(-c3cc(NC(=O)N4CCn5cnc(C(F)(F)F)c5C4)ccc3C)c(C)nc2n1.CCc1ncc2cc(OS(=O)(=O)C(F)(F)F)c(C)nc2n1.Cc1ccc(N)cc1B1OC(C)(C)C(C)(C)O1.Cc1ccc(NC(=O)N2CCn3cnc(C(F)(F)F)c3C2)cc1B1OC(C)(C)C(C)(C)O1.FC(F)(F)c1ncn2c1CCCC2. The average Bonchev–Trinajstić information content (AvgIpc) is 1.54. The van der Waals surface area contributed by atoms with E-state index < -0.39 is 87.4 Å². The van der Waals surface area contributed by atoms with Crippen molar-refractivity contribution in [3.05, 3.63) is 172 Å². The highest BCUT2D eigenvalue weighted by Gasteiger charge is 2.54. The molecule has 4 N–H and O–H groups in total. The van der Waals surface area contributed by atoms with E-state index in [9.17, 15) is 70.7 Å². The summed E-state index contributed by atoms with van der Waals surface area (Å²) in [5.41, 5.74) is 6.50. The third-order valence-electron chi connectivity index (χ3n) is 21.5. The number of pyridine rings is 2. The minimum Gasteiger partial charge on any atom is -0.399 e. The van der Waals surface area contributed by atoms with Crippen LogP contribution in [0.3, 0.4) is 0 Å². The lowest BCUT2D eigenvalue weighted by Crippen LogP contribution is -2.41. The Balaban J connectivity index is 0.000000152. The molecule has 0 aliphatic carbocycles. The van der Waals surface area contributed by atoms with E-state index in [-0.39, 0.29) is 85.7 Å². The normalized spacial score (nSPS) is 16.7. The number of carbonyl (C=O) groups is 2. The number of carbonyl (C=O) groups excluding carboxylic acids is 2. The minimum atomic E-state index is -5.74. The number of urea groups is 2. The van der Waals surface area contributed by atoms with Gasteiger partial charge in [0.25, 0.3) is 0 Å². The first kappa shape index (κ1) is 89.3. The van der Waals surface area contributed by atoms with Gasteiger partial charge in [-0.25, -0.2) is 54.4 Å². The van der Waals surface area contributed by atoms with Crippen LogP contribution in [0.2, 0.25) is 0 Å². The number of aryl methyl sites for hydroxylation is 8. The van der Waals surface area contributed by atoms with Gasteiger partial charge in [0.15, 0.2) is 34.1 Å². The van der Waals surface area contributed by atoms with E-state index in [1.807, 2.05) is 112 Å². The maximum Gasteiger partial charge on any atom is 0.534 e. The summed E-state index contributed by atoms with van der Waals surface area (Å²) < 4.78 is 208. The van der Waals surface area contributed by atoms with Crippen molar-refractivity contribution in [3.8, 4) is 16.9 Å². The Labute approximate surface area is 678 Å². The van der Waals surface area contributed by atoms with Crippen LogP contribution in [0.25, 0.3) is 33.2 Å². The average molecular weight is 1690 g/mol. The van der Waals surface area contributed by atoms with Crippen molar-refractivity contribution >= 4 is 86.5 Å². The molecule has 26 nitrogen and oxygen atoms in total. The molecule has 12 heterocycles. The predicted octanol–water partition coefficient (Wildman–Crippen LogP) is 14.9. The number of nitrogen functional groups attached to an aromatic ring is 1. The van der Waals surface area contributed by atoms with Crippen molar-refractivity contribution in [3.63, 3.8) is 0 Å². The van der Waals surface area contributed by atoms with Crippen LogP contribution in [0.1, 0.15) is 156 Å². The number of rotatable bonds is 9. The molecule has 0 atom stereocenters. The number of imidazole rings is 3. The van der Waals surface area contributed by atoms with Gasteiger partial charge in [-0.05, 0) is 180 Å². The van der Waals surface area contributed by atoms with Gasteiger partial charge < -0.3 is 62.7 Å². The van der Waals surface area contributed by atoms with E-state index >= 15 is 0 Å². The van der Waals surface area contributed by atoms with Gasteiger partial charge in [-0.1, -0.05) is 43.2 Å². The number of fused-ring (bicyclic) bond motifs is 5. The Hall–Kier alpha value is -10.5. The number of nitrogens with zero attached hydrogens (tertiary/aromatic N) is 14. The Morgan fingerprint density at radius 3 is 1.36 bits per heavy atom. The number of halogens is 12. The van der Waals surface area contributed by atoms with Crippen LogP contribution in [0, 0.1) is 34.6 Å². The summed E-state index contributed by atoms with van der Waals surface area (Å²) in [6.07, 6.45) is -3.13. The van der Waals surface area contributed by atoms with Crippen molar-refractivity contribution in [2.45, 2.75) is 215 Å². The zero-order valence-corrected chi connectivity index (χ0v) is 68.7. The lowest BCUT2D eigenvalue weighted by Gasteiger charge is -2.32. The Morgan fingerprint density at radius 1 is 0.496 bits per heavy atom. The van der Waals surface area contributed by atoms with E-state index in [2.05, 4.69) is 87.4 Å². The van der Waals surface area contributed by atoms with Gasteiger partial charge in [-0.3, -0.25) is 0 Å². The Kier molecular flexibility index (Phi) is 25.5. The smallest absolute Gasteiger partial charge is 0.399 e. The second-order valence-corrected chi connectivity index (χ2v) is 32.6. The minimum absolute atomic E-state index is 0.0132. The molecule has 0 unspecified atom stereocenters. The molecular formula is C78H89B2F12N17O9S. The molecular weight excluding hydrogens is 1600 g/mol. The van der Waals surface area contributed by atoms with Crippen molar-refractivity contribution < 1.29 is 93.5 Å². The summed E-state index contributed by atoms with van der Waals surface area (Å²) in [5.74, 6) is 0.741. The highest BCUT2D eigenvalue weighted by Crippen LogP contribution is 2.41. The largest absolute Gasteiger partial charge is 0.534 e. The number of alkyl halides is 12. The van der Waals surface area contributed by atoms with Gasteiger partial charge in [0, 0.05) is 103 Å². The molecule has 10 aromatic rings. The lowest BCUT2D eigenvalue weighted by molar-refractivity contribution is -0.142. The maximum absolute atomic E-state index is 13.3. The summed E-state index contributed by atoms with van der Waals surface area (Å²) in [6, 6.07) is 18.8. The Bertz CT molecular complexity index is 5530. The molecule has 0 radical (unpaired) electrons. The monoisotopic (exact) mass is 1690 g/mol. The zero-order chi connectivity index (χ0) is 87.2. The number of hydrogen-bond acceptors (Lipinski definition) is 19. The molecule has 4 amide bonds. The highest BCUT2D eigenvalue weighted by molar-refractivity contribution is 7.88. The third kappa shape index (κ3) is 20.0. The van der Waals surface area contributed by atoms with Crippen LogP contribution in [0.15, 0.2) is 98.1 Å². The van der Waals surface area contributed by atoms with E-state index in [0.29, 0.717) is 47.9 Å². The molecule has 2 saturated heterocycles. The van der Waals surface area contributed by atoms with Crippen LogP contribution in [-0.2, 0) is 99.3 Å². The van der Waals surface area contributed by atoms with Gasteiger partial charge >= 0.3 is 60.5 Å². The molecule has 5 aliphatic rings. The van der Waals surface area contributed by atoms with Crippen molar-refractivity contribution in [1.29, 1.82) is 0 Å². The highest BCUT2D eigenvalue weighted by atomic mass is 32.2. The molecule has 7 aromatic heterocycles. The number of nitrogens with one attached hydrogen (secondary N) is 2. The van der Waals surface area contributed by atoms with Gasteiger partial charge in [-0.2, -0.15) is 61.1 Å². The van der Waals surface area contributed by atoms with Gasteiger partial charge in [0.2, 0.25) is 0 Å². The van der Waals surface area contributed by atoms with Crippen LogP contribution in [-0.4, -0.2) is 144 Å². The Morgan fingerprint density at radius 2 is 0.908 bits per heavy atom. The zero-order valence-electron chi connectivity index (χ0n) is 67.8. The molecule has 119 heavy (non-hydrogen) atoms. The summed E-state index contributed by atoms with van der Waals surface area (Å²) in [6.45, 7) is 30.4. The predicted molar refractivity (Wildman–Crippen MR) is 420 cm³/mol. The molecule has 0 spiro atoms. The van der Waals surface area contributed by atoms with Crippen LogP contribution in [0.4, 0.5) is 79.3 Å². The quantitative estimate of drug-likeness (QED) is 0.0397. The molecule has 636 valence electrons. The molecule has 3 aromatic carbocycles. The number of hydrogen-bond donors (Lipinski definition) is 3. The third-order valence-corrected chi connectivity index (χ3v) is 22.5. The first-order valence-corrected chi connectivity index (χ1v) is 39.3. The van der Waals surface area contributed by atoms with E-state index in [1.54, 1.807) is 29.0 Å². The molecule has 2 fully saturated rings. The van der Waals surface area contributed by atoms with Crippen LogP contribution >= 0.6 is 0 Å². The fourth-order valence-corrected chi connectivity index (χ4v) is 13.7. The summed E-state index contributed by atoms with van der Waals surface area (Å²) in [5, 5.41) is 6.72. The van der Waals surface area contributed by atoms with Gasteiger partial charge in [0.05, 0.1) is 71.6 Å². The standard InChI is InChI=1S/C25H24F3N7O.C21H26BF3N4O3.C13H20BNO2.C11H10F3N3O3S.C8H9F3N2/c1-4-21-29-11-16-9-19(15(3)31-23(16)33-21)18-10-17(6-5-14(18)2)32-24(36)34-7-8-35-13-30-22(20(35)12-34)25(26,27)28;1-13-6-7-14(10-15(13)22-31-19(2,3)20(4,5)32-22)27-18(30)28-8-9-29-12-26-17(16(29)11-28)21(23,24)25;1-9-6-7-10(15)8-11(9)14-16-12(2,3)13(4,5)17-14;1-3-9-15-5-7-4-8(6(2)16-10(7)17-9)20-21(18,19)11(12,13)14;9-8(10,11)7-6-3-1-2-4-13(6)5-12-7/h5-6,9-11,13H,4,7-8,12H2,1-3H3,(H,32,36);6-7,10,12H,8-9,11H2,1-5H3,(H,27,30);6-8H,15H2,1-5H3;4-5H,3H2,1-2H3;5H,1-4H2. The summed E-state index contributed by atoms with van der Waals surface area (Å²) in [4.78, 5) is 64.4. The van der Waals surface area contributed by atoms with Crippen LogP contribution in [0.5, 0.6) is 5.75 Å². The molecule has 0 bridgehead atoms. The first-order valence-electron chi connectivity index (χ1n) is 37.9. The van der Waals surface area contributed by atoms with Gasteiger partial charge in [-0.15, -0.1) is 0 Å². The number of nitrogens with two attached hydrogens (primary N) is 1. The second kappa shape index (κ2) is 33.9. The second-order valence-electron chi connectivity index (χ2n) is 31.0. The van der Waals surface area contributed by atoms with E-state index in [0.717, 1.165) is 86.7 Å². The van der Waals surface area contributed by atoms with Crippen molar-refractivity contribution in [2.75, 3.05) is 29.5 Å². The molecule has 5 aliphatic heterocycles. The molecule has 41 heteroatoms. The molecule has 15 rings (SSSR count). The molecule has 0 saturated carbocycles. The van der Waals surface area contributed by atoms with E-state index in [1.165, 1.54) is 51.0 Å². The lowest BCUT2D eigenvalue weighted by atomic mass is 9.76. The fraction of sp³-hybridized carbons (Fsp3) is 0.449. The fourth-order valence-electron chi connectivity index (χ4n) is 13.2. The number of anilines is 3. The number of amides is 4. The topological polar surface area (TPSA) is 302 Å². The van der Waals surface area contributed by atoms with Crippen LogP contribution < -0.4 is 31.5 Å². The van der Waals surface area contributed by atoms with E-state index in [4.69, 9.17) is 24.4 Å². The maximum atomic E-state index is 13.3. The summed E-state index contributed by atoms with van der Waals surface area (Å²) >= 11 is 0. The first-order chi connectivity index (χ1) is 55.4. The van der Waals surface area contributed by atoms with Crippen molar-refractivity contribution in [2.24, 2.45) is 0 Å². The van der Waals surface area contributed by atoms with Crippen molar-refractivity contribution in [1.82, 2.24) is 68.4 Å². The number of benzene rings is 3. The van der Waals surface area contributed by atoms with Gasteiger partial charge in [0.1, 0.15) is 11.6 Å². The summed E-state index contributed by atoms with van der Waals surface area (Å²) in [7, 11) is -6.65.